The first-order valence-electron chi connectivity index (χ1n) is 9.88. The molecule has 0 bridgehead atoms. The maximum Gasteiger partial charge on any atom is 0.126 e. The second-order valence-corrected chi connectivity index (χ2v) is 9.90. The van der Waals surface area contributed by atoms with Gasteiger partial charge in [-0.15, -0.1) is 11.8 Å². The average molecular weight is 433 g/mol. The lowest BCUT2D eigenvalue weighted by Gasteiger charge is -2.46. The largest absolute Gasteiger partial charge is 0.507 e. The monoisotopic (exact) mass is 432 g/mol. The van der Waals surface area contributed by atoms with Gasteiger partial charge in [0.05, 0.1) is 11.2 Å². The molecular weight excluding hydrogens is 396 g/mol. The molecule has 6 N–H and O–H groups in total. The first-order chi connectivity index (χ1) is 14.1. The number of nitrogens with zero attached hydrogens (tertiary/aromatic N) is 1. The predicted octanol–water partition coefficient (Wildman–Crippen LogP) is 4.25. The van der Waals surface area contributed by atoms with Gasteiger partial charge in [-0.3, -0.25) is 10.5 Å². The summed E-state index contributed by atoms with van der Waals surface area (Å²) in [5.74, 6) is 0.142. The highest BCUT2D eigenvalue weighted by atomic mass is 32.2. The molecule has 166 valence electrons. The molecule has 0 spiro atoms. The Morgan fingerprint density at radius 1 is 1.17 bits per heavy atom. The molecule has 0 aliphatic carbocycles. The predicted molar refractivity (Wildman–Crippen MR) is 129 cm³/mol. The van der Waals surface area contributed by atoms with Crippen molar-refractivity contribution < 1.29 is 5.11 Å². The fraction of sp³-hybridized carbons (Fsp3) is 0.500. The van der Waals surface area contributed by atoms with Gasteiger partial charge in [0.2, 0.25) is 0 Å². The van der Waals surface area contributed by atoms with Crippen LogP contribution in [0.3, 0.4) is 0 Å². The molecule has 0 atom stereocenters. The smallest absolute Gasteiger partial charge is 0.126 e. The normalized spacial score (nSPS) is 17.1. The molecular formula is C22H36N6OS. The van der Waals surface area contributed by atoms with E-state index >= 15 is 0 Å². The number of thioether (sulfide) groups is 1. The van der Waals surface area contributed by atoms with Crippen LogP contribution in [0.1, 0.15) is 46.1 Å². The van der Waals surface area contributed by atoms with Gasteiger partial charge in [0.15, 0.2) is 0 Å². The van der Waals surface area contributed by atoms with Gasteiger partial charge in [0.1, 0.15) is 5.75 Å². The van der Waals surface area contributed by atoms with Crippen molar-refractivity contribution in [3.8, 4) is 16.9 Å². The molecule has 1 fully saturated rings. The number of aromatic nitrogens is 2. The van der Waals surface area contributed by atoms with Crippen LogP contribution in [0.25, 0.3) is 11.1 Å². The van der Waals surface area contributed by atoms with Crippen molar-refractivity contribution in [2.75, 3.05) is 14.1 Å². The molecule has 1 aliphatic heterocycles. The minimum Gasteiger partial charge on any atom is -0.507 e. The molecule has 0 radical (unpaired) electrons. The van der Waals surface area contributed by atoms with E-state index in [4.69, 9.17) is 10.8 Å². The summed E-state index contributed by atoms with van der Waals surface area (Å²) >= 11 is 1.56. The Bertz CT molecular complexity index is 788. The van der Waals surface area contributed by atoms with Gasteiger partial charge in [-0.05, 0) is 79.0 Å². The van der Waals surface area contributed by atoms with E-state index in [0.29, 0.717) is 15.9 Å². The van der Waals surface area contributed by atoms with Gasteiger partial charge in [-0.1, -0.05) is 6.07 Å². The summed E-state index contributed by atoms with van der Waals surface area (Å²) in [5, 5.41) is 38.3. The highest BCUT2D eigenvalue weighted by Gasteiger charge is 2.38. The maximum absolute atomic E-state index is 10.4. The molecule has 1 saturated heterocycles. The van der Waals surface area contributed by atoms with Crippen molar-refractivity contribution in [1.82, 2.24) is 20.8 Å². The van der Waals surface area contributed by atoms with Crippen LogP contribution in [-0.4, -0.2) is 57.5 Å². The van der Waals surface area contributed by atoms with Crippen molar-refractivity contribution in [2.24, 2.45) is 0 Å². The van der Waals surface area contributed by atoms with Crippen LogP contribution in [0.4, 0.5) is 0 Å². The number of piperidine rings is 1. The molecule has 0 amide bonds. The van der Waals surface area contributed by atoms with Gasteiger partial charge in [-0.25, -0.2) is 0 Å². The van der Waals surface area contributed by atoms with Crippen LogP contribution in [0.5, 0.6) is 5.75 Å². The van der Waals surface area contributed by atoms with Crippen LogP contribution in [0, 0.1) is 10.8 Å². The fourth-order valence-electron chi connectivity index (χ4n) is 3.85. The van der Waals surface area contributed by atoms with Crippen LogP contribution in [-0.2, 0) is 0 Å². The van der Waals surface area contributed by atoms with E-state index in [1.165, 1.54) is 0 Å². The lowest BCUT2D eigenvalue weighted by atomic mass is 9.82. The zero-order valence-electron chi connectivity index (χ0n) is 18.9. The summed E-state index contributed by atoms with van der Waals surface area (Å²) in [6.07, 6.45) is 5.50. The van der Waals surface area contributed by atoms with E-state index < -0.39 is 0 Å². The van der Waals surface area contributed by atoms with E-state index in [9.17, 15) is 5.11 Å². The lowest BCUT2D eigenvalue weighted by molar-refractivity contribution is 0.189. The number of hydrogen-bond donors (Lipinski definition) is 6. The Balaban J connectivity index is 0.000000826. The van der Waals surface area contributed by atoms with Crippen LogP contribution in [0.15, 0.2) is 30.6 Å². The van der Waals surface area contributed by atoms with Crippen LogP contribution in [0.2, 0.25) is 0 Å². The lowest BCUT2D eigenvalue weighted by Crippen LogP contribution is -2.58. The van der Waals surface area contributed by atoms with Gasteiger partial charge in [-0.2, -0.15) is 5.10 Å². The Hall–Kier alpha value is -2.16. The fourth-order valence-corrected chi connectivity index (χ4v) is 5.49. The highest BCUT2D eigenvalue weighted by molar-refractivity contribution is 8.14. The van der Waals surface area contributed by atoms with Crippen molar-refractivity contribution in [2.45, 2.75) is 56.9 Å². The van der Waals surface area contributed by atoms with Crippen molar-refractivity contribution in [3.05, 3.63) is 36.2 Å². The maximum atomic E-state index is 10.4. The number of nitrogens with one attached hydrogen (secondary N) is 5. The molecule has 1 aromatic carbocycles. The summed E-state index contributed by atoms with van der Waals surface area (Å²) in [7, 11) is 3.75. The molecule has 7 nitrogen and oxygen atoms in total. The third-order valence-electron chi connectivity index (χ3n) is 4.51. The molecule has 1 aliphatic rings. The number of H-pyrrole nitrogens is 1. The summed E-state index contributed by atoms with van der Waals surface area (Å²) < 4.78 is 0. The van der Waals surface area contributed by atoms with Crippen LogP contribution < -0.4 is 10.6 Å². The molecule has 1 aromatic heterocycles. The number of rotatable bonds is 3. The third kappa shape index (κ3) is 7.59. The van der Waals surface area contributed by atoms with Crippen LogP contribution >= 0.6 is 11.8 Å². The first-order valence-corrected chi connectivity index (χ1v) is 10.8. The second kappa shape index (κ2) is 11.3. The molecule has 2 aromatic rings. The van der Waals surface area contributed by atoms with E-state index in [2.05, 4.69) is 55.2 Å². The average Bonchev–Trinajstić information content (AvgIpc) is 3.15. The second-order valence-electron chi connectivity index (χ2n) is 8.59. The molecule has 3 rings (SSSR count). The molecule has 8 heteroatoms. The van der Waals surface area contributed by atoms with Gasteiger partial charge >= 0.3 is 0 Å². The topological polar surface area (TPSA) is 121 Å². The van der Waals surface area contributed by atoms with Crippen molar-refractivity contribution >= 4 is 23.5 Å². The SMILES string of the molecule is C=N.CC1(C)CC(SC(=N)c2ccc(-c3cn[nH]c3)cc2O)CC(C)(C)N1.CNC. The van der Waals surface area contributed by atoms with Crippen molar-refractivity contribution in [3.63, 3.8) is 0 Å². The van der Waals surface area contributed by atoms with Crippen molar-refractivity contribution in [1.29, 1.82) is 10.8 Å². The summed E-state index contributed by atoms with van der Waals surface area (Å²) in [6.45, 7) is 11.3. The Morgan fingerprint density at radius 2 is 1.73 bits per heavy atom. The van der Waals surface area contributed by atoms with E-state index in [-0.39, 0.29) is 16.8 Å². The number of phenolic OH excluding ortho intramolecular Hbond substituents is 1. The summed E-state index contributed by atoms with van der Waals surface area (Å²) in [5.41, 5.74) is 2.49. The summed E-state index contributed by atoms with van der Waals surface area (Å²) in [4.78, 5) is 0. The molecule has 0 unspecified atom stereocenters. The number of aromatic hydroxyl groups is 1. The first kappa shape index (κ1) is 25.9. The molecule has 2 heterocycles. The number of aromatic amines is 1. The molecule has 30 heavy (non-hydrogen) atoms. The van der Waals surface area contributed by atoms with Gasteiger partial charge in [0, 0.05) is 33.7 Å². The standard InChI is InChI=1S/C19H26N4OS.C2H7N.CH3N/c1-18(2)8-14(9-19(3,4)23-18)25-17(20)15-6-5-12(7-16(15)24)13-10-21-22-11-13;1-3-2;1-2/h5-7,10-11,14,20,23-24H,8-9H2,1-4H3,(H,21,22);3H,1-2H3;2H,1H2. The Kier molecular flexibility index (Phi) is 9.74. The number of benzene rings is 1. The zero-order valence-corrected chi connectivity index (χ0v) is 19.7. The molecule has 0 saturated carbocycles. The number of hydrogen-bond acceptors (Lipinski definition) is 7. The van der Waals surface area contributed by atoms with Gasteiger partial charge in [0.25, 0.3) is 0 Å². The number of phenols is 1. The quantitative estimate of drug-likeness (QED) is 0.320. The highest BCUT2D eigenvalue weighted by Crippen LogP contribution is 2.38. The Morgan fingerprint density at radius 3 is 2.20 bits per heavy atom. The van der Waals surface area contributed by atoms with E-state index in [0.717, 1.165) is 24.0 Å². The zero-order chi connectivity index (χ0) is 22.9. The minimum atomic E-state index is 0.0485. The van der Waals surface area contributed by atoms with Gasteiger partial charge < -0.3 is 21.1 Å². The third-order valence-corrected chi connectivity index (χ3v) is 5.63. The summed E-state index contributed by atoms with van der Waals surface area (Å²) in [6, 6.07) is 5.45. The minimum absolute atomic E-state index is 0.0485. The Labute approximate surface area is 184 Å². The van der Waals surface area contributed by atoms with E-state index in [1.54, 1.807) is 30.2 Å². The van der Waals surface area contributed by atoms with E-state index in [1.807, 2.05) is 26.2 Å².